The second kappa shape index (κ2) is 7.28. The summed E-state index contributed by atoms with van der Waals surface area (Å²) in [6.45, 7) is 5.44. The van der Waals surface area contributed by atoms with Crippen molar-refractivity contribution in [2.75, 3.05) is 44.7 Å². The number of anilines is 1. The predicted molar refractivity (Wildman–Crippen MR) is 92.8 cm³/mol. The van der Waals surface area contributed by atoms with Gasteiger partial charge < -0.3 is 20.5 Å². The molecule has 0 aliphatic carbocycles. The number of hydrogen-bond acceptors (Lipinski definition) is 6. The first-order chi connectivity index (χ1) is 12.0. The van der Waals surface area contributed by atoms with Crippen LogP contribution in [0.15, 0.2) is 18.2 Å². The van der Waals surface area contributed by atoms with Gasteiger partial charge in [-0.25, -0.2) is 4.79 Å². The van der Waals surface area contributed by atoms with Crippen LogP contribution >= 0.6 is 0 Å². The SMILES string of the molecule is CC1(CN)CCN(CC(=O)NC(=O)Nc2ccc3c(c2)OCCO3)C1. The summed E-state index contributed by atoms with van der Waals surface area (Å²) in [6, 6.07) is 4.53. The van der Waals surface area contributed by atoms with Gasteiger partial charge in [0, 0.05) is 18.3 Å². The number of nitrogens with zero attached hydrogens (tertiary/aromatic N) is 1. The van der Waals surface area contributed by atoms with Crippen LogP contribution in [-0.4, -0.2) is 56.2 Å². The van der Waals surface area contributed by atoms with Crippen molar-refractivity contribution in [2.45, 2.75) is 13.3 Å². The van der Waals surface area contributed by atoms with Crippen LogP contribution in [0.1, 0.15) is 13.3 Å². The molecule has 1 aromatic carbocycles. The third-order valence-electron chi connectivity index (χ3n) is 4.55. The molecule has 2 aliphatic rings. The molecular weight excluding hydrogens is 324 g/mol. The second-order valence-electron chi connectivity index (χ2n) is 6.84. The molecule has 2 heterocycles. The van der Waals surface area contributed by atoms with Crippen LogP contribution in [0.5, 0.6) is 11.5 Å². The van der Waals surface area contributed by atoms with Crippen LogP contribution < -0.4 is 25.8 Å². The molecule has 1 unspecified atom stereocenters. The second-order valence-corrected chi connectivity index (χ2v) is 6.84. The number of nitrogens with two attached hydrogens (primary N) is 1. The normalized spacial score (nSPS) is 22.5. The minimum absolute atomic E-state index is 0.0493. The summed E-state index contributed by atoms with van der Waals surface area (Å²) < 4.78 is 10.9. The van der Waals surface area contributed by atoms with Crippen molar-refractivity contribution in [3.8, 4) is 11.5 Å². The van der Waals surface area contributed by atoms with Gasteiger partial charge in [0.1, 0.15) is 13.2 Å². The number of rotatable bonds is 4. The highest BCUT2D eigenvalue weighted by Gasteiger charge is 2.33. The Balaban J connectivity index is 1.48. The van der Waals surface area contributed by atoms with Gasteiger partial charge in [-0.2, -0.15) is 0 Å². The van der Waals surface area contributed by atoms with E-state index in [1.165, 1.54) is 0 Å². The molecule has 0 bridgehead atoms. The maximum absolute atomic E-state index is 12.0. The van der Waals surface area contributed by atoms with Crippen molar-refractivity contribution in [1.29, 1.82) is 0 Å². The molecular formula is C17H24N4O4. The lowest BCUT2D eigenvalue weighted by Gasteiger charge is -2.22. The number of likely N-dealkylation sites (tertiary alicyclic amines) is 1. The number of hydrogen-bond donors (Lipinski definition) is 3. The van der Waals surface area contributed by atoms with E-state index in [-0.39, 0.29) is 17.9 Å². The summed E-state index contributed by atoms with van der Waals surface area (Å²) >= 11 is 0. The van der Waals surface area contributed by atoms with Crippen molar-refractivity contribution in [3.63, 3.8) is 0 Å². The predicted octanol–water partition coefficient (Wildman–Crippen LogP) is 0.777. The van der Waals surface area contributed by atoms with E-state index in [4.69, 9.17) is 15.2 Å². The lowest BCUT2D eigenvalue weighted by atomic mass is 9.90. The Morgan fingerprint density at radius 3 is 2.76 bits per heavy atom. The summed E-state index contributed by atoms with van der Waals surface area (Å²) in [5.41, 5.74) is 6.35. The first kappa shape index (κ1) is 17.5. The van der Waals surface area contributed by atoms with E-state index < -0.39 is 6.03 Å². The zero-order valence-electron chi connectivity index (χ0n) is 14.3. The van der Waals surface area contributed by atoms with E-state index in [0.717, 1.165) is 19.5 Å². The lowest BCUT2D eigenvalue weighted by Crippen LogP contribution is -2.42. The number of ether oxygens (including phenoxy) is 2. The zero-order chi connectivity index (χ0) is 17.9. The number of fused-ring (bicyclic) bond motifs is 1. The van der Waals surface area contributed by atoms with Crippen LogP contribution in [-0.2, 0) is 4.79 Å². The molecule has 8 nitrogen and oxygen atoms in total. The first-order valence-corrected chi connectivity index (χ1v) is 8.40. The van der Waals surface area contributed by atoms with E-state index in [1.807, 2.05) is 4.90 Å². The fourth-order valence-electron chi connectivity index (χ4n) is 3.08. The van der Waals surface area contributed by atoms with Crippen LogP contribution in [0.4, 0.5) is 10.5 Å². The molecule has 4 N–H and O–H groups in total. The first-order valence-electron chi connectivity index (χ1n) is 8.40. The molecule has 25 heavy (non-hydrogen) atoms. The smallest absolute Gasteiger partial charge is 0.325 e. The van der Waals surface area contributed by atoms with Gasteiger partial charge in [0.05, 0.1) is 6.54 Å². The molecule has 0 saturated carbocycles. The van der Waals surface area contributed by atoms with E-state index >= 15 is 0 Å². The van der Waals surface area contributed by atoms with Gasteiger partial charge in [-0.05, 0) is 37.1 Å². The van der Waals surface area contributed by atoms with E-state index in [0.29, 0.717) is 36.9 Å². The maximum Gasteiger partial charge on any atom is 0.325 e. The zero-order valence-corrected chi connectivity index (χ0v) is 14.3. The van der Waals surface area contributed by atoms with E-state index in [2.05, 4.69) is 17.6 Å². The Morgan fingerprint density at radius 2 is 2.04 bits per heavy atom. The number of benzene rings is 1. The van der Waals surface area contributed by atoms with Crippen molar-refractivity contribution >= 4 is 17.6 Å². The number of carbonyl (C=O) groups excluding carboxylic acids is 2. The number of imide groups is 1. The minimum Gasteiger partial charge on any atom is -0.486 e. The number of nitrogens with one attached hydrogen (secondary N) is 2. The highest BCUT2D eigenvalue weighted by Crippen LogP contribution is 2.32. The molecule has 3 amide bonds. The Kier molecular flexibility index (Phi) is 5.10. The molecule has 8 heteroatoms. The summed E-state index contributed by atoms with van der Waals surface area (Å²) in [5.74, 6) is 0.884. The fourth-order valence-corrected chi connectivity index (χ4v) is 3.08. The molecule has 0 radical (unpaired) electrons. The Morgan fingerprint density at radius 1 is 1.28 bits per heavy atom. The molecule has 1 saturated heterocycles. The quantitative estimate of drug-likeness (QED) is 0.742. The molecule has 3 rings (SSSR count). The topological polar surface area (TPSA) is 106 Å². The third kappa shape index (κ3) is 4.40. The molecule has 1 atom stereocenters. The molecule has 2 aliphatic heterocycles. The van der Waals surface area contributed by atoms with Crippen LogP contribution in [0.2, 0.25) is 0 Å². The highest BCUT2D eigenvalue weighted by molar-refractivity contribution is 6.01. The minimum atomic E-state index is -0.567. The number of carbonyl (C=O) groups is 2. The average Bonchev–Trinajstić information content (AvgIpc) is 2.96. The van der Waals surface area contributed by atoms with Gasteiger partial charge in [-0.1, -0.05) is 6.92 Å². The van der Waals surface area contributed by atoms with Crippen LogP contribution in [0.25, 0.3) is 0 Å². The van der Waals surface area contributed by atoms with Crippen LogP contribution in [0, 0.1) is 5.41 Å². The van der Waals surface area contributed by atoms with Gasteiger partial charge in [-0.3, -0.25) is 15.0 Å². The molecule has 1 fully saturated rings. The lowest BCUT2D eigenvalue weighted by molar-refractivity contribution is -0.120. The van der Waals surface area contributed by atoms with Crippen molar-refractivity contribution in [3.05, 3.63) is 18.2 Å². The number of amides is 3. The molecule has 0 spiro atoms. The van der Waals surface area contributed by atoms with Gasteiger partial charge in [-0.15, -0.1) is 0 Å². The third-order valence-corrected chi connectivity index (χ3v) is 4.55. The summed E-state index contributed by atoms with van der Waals surface area (Å²) in [6.07, 6.45) is 0.959. The maximum atomic E-state index is 12.0. The summed E-state index contributed by atoms with van der Waals surface area (Å²) in [5, 5.41) is 4.98. The summed E-state index contributed by atoms with van der Waals surface area (Å²) in [7, 11) is 0. The highest BCUT2D eigenvalue weighted by atomic mass is 16.6. The van der Waals surface area contributed by atoms with Gasteiger partial charge in [0.2, 0.25) is 5.91 Å². The molecule has 0 aromatic heterocycles. The Bertz CT molecular complexity index is 666. The van der Waals surface area contributed by atoms with Crippen molar-refractivity contribution in [2.24, 2.45) is 11.1 Å². The molecule has 1 aromatic rings. The summed E-state index contributed by atoms with van der Waals surface area (Å²) in [4.78, 5) is 26.1. The monoisotopic (exact) mass is 348 g/mol. The van der Waals surface area contributed by atoms with Crippen LogP contribution in [0.3, 0.4) is 0 Å². The number of urea groups is 1. The van der Waals surface area contributed by atoms with E-state index in [9.17, 15) is 9.59 Å². The van der Waals surface area contributed by atoms with Gasteiger partial charge in [0.15, 0.2) is 11.5 Å². The van der Waals surface area contributed by atoms with Gasteiger partial charge in [0.25, 0.3) is 0 Å². The standard InChI is InChI=1S/C17H24N4O4/c1-17(10-18)4-5-21(11-17)9-15(22)20-16(23)19-12-2-3-13-14(8-12)25-7-6-24-13/h2-3,8H,4-7,9-11,18H2,1H3,(H2,19,20,22,23). The van der Waals surface area contributed by atoms with Gasteiger partial charge >= 0.3 is 6.03 Å². The average molecular weight is 348 g/mol. The molecule has 136 valence electrons. The van der Waals surface area contributed by atoms with E-state index in [1.54, 1.807) is 18.2 Å². The largest absolute Gasteiger partial charge is 0.486 e. The fraction of sp³-hybridized carbons (Fsp3) is 0.529. The van der Waals surface area contributed by atoms with Crippen molar-refractivity contribution < 1.29 is 19.1 Å². The Hall–Kier alpha value is -2.32. The Labute approximate surface area is 146 Å². The van der Waals surface area contributed by atoms with Crippen molar-refractivity contribution in [1.82, 2.24) is 10.2 Å².